The third kappa shape index (κ3) is 4.51. The first kappa shape index (κ1) is 25.0. The highest BCUT2D eigenvalue weighted by atomic mass is 32.2. The molecule has 2 rings (SSSR count). The van der Waals surface area contributed by atoms with Gasteiger partial charge in [0.1, 0.15) is 0 Å². The van der Waals surface area contributed by atoms with Crippen molar-refractivity contribution in [2.75, 3.05) is 11.6 Å². The van der Waals surface area contributed by atoms with Crippen LogP contribution in [0.5, 0.6) is 0 Å². The zero-order chi connectivity index (χ0) is 24.7. The lowest BCUT2D eigenvalue weighted by Crippen LogP contribution is -2.51. The molecule has 0 saturated heterocycles. The minimum Gasteiger partial charge on any atom is -0.321 e. The number of nitrogens with one attached hydrogen (secondary N) is 1. The van der Waals surface area contributed by atoms with Gasteiger partial charge in [-0.1, -0.05) is 18.2 Å². The number of nitro benzene ring substituents is 1. The number of amides is 1. The smallest absolute Gasteiger partial charge is 0.321 e. The minimum atomic E-state index is -6.60. The summed E-state index contributed by atoms with van der Waals surface area (Å²) in [6.07, 6.45) is -13.0. The van der Waals surface area contributed by atoms with Crippen LogP contribution in [-0.2, 0) is 15.5 Å². The van der Waals surface area contributed by atoms with Crippen LogP contribution in [0.4, 0.5) is 42.1 Å². The summed E-state index contributed by atoms with van der Waals surface area (Å²) < 4.78 is 118. The number of benzene rings is 2. The molecule has 0 aromatic heterocycles. The fourth-order valence-corrected chi connectivity index (χ4v) is 3.85. The van der Waals surface area contributed by atoms with Crippen LogP contribution in [0.15, 0.2) is 47.4 Å². The molecule has 0 bridgehead atoms. The molecule has 0 radical (unpaired) electrons. The van der Waals surface area contributed by atoms with Crippen molar-refractivity contribution in [1.82, 2.24) is 0 Å². The van der Waals surface area contributed by atoms with Crippen molar-refractivity contribution in [1.29, 1.82) is 0 Å². The molecular formula is C17H11F7N2O5S. The number of nitro groups is 1. The summed E-state index contributed by atoms with van der Waals surface area (Å²) in [7, 11) is -4.98. The van der Waals surface area contributed by atoms with Crippen molar-refractivity contribution < 1.29 is 48.9 Å². The van der Waals surface area contributed by atoms with Gasteiger partial charge in [-0.3, -0.25) is 14.9 Å². The van der Waals surface area contributed by atoms with Gasteiger partial charge in [-0.25, -0.2) is 12.8 Å². The van der Waals surface area contributed by atoms with E-state index in [2.05, 4.69) is 0 Å². The Morgan fingerprint density at radius 2 is 1.50 bits per heavy atom. The van der Waals surface area contributed by atoms with Gasteiger partial charge in [0.15, 0.2) is 9.84 Å². The number of alkyl halides is 7. The van der Waals surface area contributed by atoms with Crippen molar-refractivity contribution in [2.24, 2.45) is 0 Å². The van der Waals surface area contributed by atoms with Crippen LogP contribution in [0.3, 0.4) is 0 Å². The van der Waals surface area contributed by atoms with E-state index in [1.54, 1.807) is 5.32 Å². The van der Waals surface area contributed by atoms with Gasteiger partial charge in [0.05, 0.1) is 15.5 Å². The van der Waals surface area contributed by atoms with Crippen molar-refractivity contribution in [3.8, 4) is 0 Å². The Hall–Kier alpha value is -3.23. The summed E-state index contributed by atoms with van der Waals surface area (Å²) in [4.78, 5) is 20.5. The van der Waals surface area contributed by atoms with Crippen molar-refractivity contribution >= 4 is 27.1 Å². The number of nitrogens with zero attached hydrogens (tertiary/aromatic N) is 1. The lowest BCUT2D eigenvalue weighted by atomic mass is 9.93. The summed E-state index contributed by atoms with van der Waals surface area (Å²) in [6.45, 7) is 0. The second-order valence-corrected chi connectivity index (χ2v) is 8.32. The number of hydrogen-bond donors (Lipinski definition) is 1. The Morgan fingerprint density at radius 3 is 1.97 bits per heavy atom. The fraction of sp³-hybridized carbons (Fsp3) is 0.235. The zero-order valence-electron chi connectivity index (χ0n) is 15.6. The SMILES string of the molecule is CS(=O)(=O)c1c(NC(=O)c2cccc([N+](=O)[O-])c2)cccc1C(F)(C(F)(F)F)C(F)(F)F. The lowest BCUT2D eigenvalue weighted by Gasteiger charge is -2.32. The van der Waals surface area contributed by atoms with Crippen molar-refractivity contribution in [3.63, 3.8) is 0 Å². The molecule has 1 N–H and O–H groups in total. The normalized spacial score (nSPS) is 13.0. The average Bonchev–Trinajstić information content (AvgIpc) is 2.64. The number of halogens is 7. The van der Waals surface area contributed by atoms with E-state index in [4.69, 9.17) is 0 Å². The Kier molecular flexibility index (Phi) is 6.29. The standard InChI is InChI=1S/C17H11F7N2O5S/c1-32(30,31)13-11(15(18,16(19,20)21)17(22,23)24)6-3-7-12(13)25-14(27)9-4-2-5-10(8-9)26(28)29/h2-8H,1H3,(H,25,27). The predicted molar refractivity (Wildman–Crippen MR) is 95.5 cm³/mol. The van der Waals surface area contributed by atoms with Crippen LogP contribution in [0.2, 0.25) is 0 Å². The number of carbonyl (C=O) groups is 1. The summed E-state index contributed by atoms with van der Waals surface area (Å²) in [6, 6.07) is 4.90. The summed E-state index contributed by atoms with van der Waals surface area (Å²) in [5.74, 6) is -1.31. The van der Waals surface area contributed by atoms with Gasteiger partial charge in [-0.2, -0.15) is 26.3 Å². The van der Waals surface area contributed by atoms with E-state index in [0.717, 1.165) is 24.3 Å². The van der Waals surface area contributed by atoms with E-state index in [0.29, 0.717) is 12.1 Å². The van der Waals surface area contributed by atoms with Crippen LogP contribution in [0, 0.1) is 10.1 Å². The predicted octanol–water partition coefficient (Wildman–Crippen LogP) is 4.54. The first-order chi connectivity index (χ1) is 14.4. The molecule has 0 unspecified atom stereocenters. The molecule has 0 aliphatic carbocycles. The highest BCUT2D eigenvalue weighted by Crippen LogP contribution is 2.55. The molecule has 174 valence electrons. The third-order valence-corrected chi connectivity index (χ3v) is 5.29. The molecule has 0 saturated carbocycles. The molecule has 2 aromatic carbocycles. The van der Waals surface area contributed by atoms with Gasteiger partial charge in [0.2, 0.25) is 0 Å². The molecular weight excluding hydrogens is 477 g/mol. The number of hydrogen-bond acceptors (Lipinski definition) is 5. The maximum Gasteiger partial charge on any atom is 0.435 e. The maximum atomic E-state index is 14.6. The van der Waals surface area contributed by atoms with Gasteiger partial charge in [0.25, 0.3) is 11.6 Å². The first-order valence-electron chi connectivity index (χ1n) is 8.13. The highest BCUT2D eigenvalue weighted by Gasteiger charge is 2.74. The Balaban J connectivity index is 2.73. The molecule has 0 atom stereocenters. The van der Waals surface area contributed by atoms with Crippen LogP contribution in [-0.4, -0.2) is 37.9 Å². The molecule has 0 fully saturated rings. The maximum absolute atomic E-state index is 14.6. The Bertz CT molecular complexity index is 1160. The van der Waals surface area contributed by atoms with E-state index in [9.17, 15) is 54.1 Å². The number of rotatable bonds is 5. The second kappa shape index (κ2) is 8.03. The quantitative estimate of drug-likeness (QED) is 0.378. The molecule has 0 spiro atoms. The van der Waals surface area contributed by atoms with Crippen molar-refractivity contribution in [3.05, 3.63) is 63.7 Å². The fourth-order valence-electron chi connectivity index (χ4n) is 2.73. The third-order valence-electron chi connectivity index (χ3n) is 4.11. The Morgan fingerprint density at radius 1 is 0.969 bits per heavy atom. The highest BCUT2D eigenvalue weighted by molar-refractivity contribution is 7.91. The molecule has 32 heavy (non-hydrogen) atoms. The number of anilines is 1. The molecule has 2 aromatic rings. The molecule has 7 nitrogen and oxygen atoms in total. The monoisotopic (exact) mass is 488 g/mol. The van der Waals surface area contributed by atoms with Gasteiger partial charge < -0.3 is 5.32 Å². The zero-order valence-corrected chi connectivity index (χ0v) is 16.4. The van der Waals surface area contributed by atoms with E-state index in [1.165, 1.54) is 0 Å². The summed E-state index contributed by atoms with van der Waals surface area (Å²) in [5.41, 5.74) is -10.5. The summed E-state index contributed by atoms with van der Waals surface area (Å²) in [5, 5.41) is 12.6. The Labute approximate surface area is 174 Å². The van der Waals surface area contributed by atoms with Gasteiger partial charge in [0, 0.05) is 29.5 Å². The van der Waals surface area contributed by atoms with E-state index >= 15 is 0 Å². The van der Waals surface area contributed by atoms with Crippen LogP contribution < -0.4 is 5.32 Å². The molecule has 0 aliphatic heterocycles. The molecule has 0 aliphatic rings. The average molecular weight is 488 g/mol. The van der Waals surface area contributed by atoms with Gasteiger partial charge in [-0.05, 0) is 12.1 Å². The van der Waals surface area contributed by atoms with Crippen LogP contribution in [0.25, 0.3) is 0 Å². The summed E-state index contributed by atoms with van der Waals surface area (Å²) >= 11 is 0. The number of non-ortho nitro benzene ring substituents is 1. The van der Waals surface area contributed by atoms with Crippen LogP contribution >= 0.6 is 0 Å². The molecule has 0 heterocycles. The lowest BCUT2D eigenvalue weighted by molar-refractivity contribution is -0.384. The second-order valence-electron chi connectivity index (χ2n) is 6.37. The van der Waals surface area contributed by atoms with E-state index in [1.807, 2.05) is 0 Å². The number of sulfone groups is 1. The van der Waals surface area contributed by atoms with Gasteiger partial charge >= 0.3 is 18.0 Å². The molecule has 1 amide bonds. The first-order valence-corrected chi connectivity index (χ1v) is 10.0. The minimum absolute atomic E-state index is 0.0135. The van der Waals surface area contributed by atoms with Crippen molar-refractivity contribution in [2.45, 2.75) is 22.9 Å². The topological polar surface area (TPSA) is 106 Å². The van der Waals surface area contributed by atoms with E-state index < -0.39 is 66.1 Å². The van der Waals surface area contributed by atoms with Gasteiger partial charge in [-0.15, -0.1) is 0 Å². The number of carbonyl (C=O) groups excluding carboxylic acids is 1. The van der Waals surface area contributed by atoms with Crippen LogP contribution in [0.1, 0.15) is 15.9 Å². The largest absolute Gasteiger partial charge is 0.435 e. The van der Waals surface area contributed by atoms with E-state index in [-0.39, 0.29) is 12.3 Å². The molecule has 15 heteroatoms.